The van der Waals surface area contributed by atoms with E-state index in [1.54, 1.807) is 6.07 Å². The molecule has 1 aliphatic heterocycles. The molecule has 1 atom stereocenters. The number of halogens is 2. The predicted molar refractivity (Wildman–Crippen MR) is 102 cm³/mol. The molecule has 1 amide bonds. The van der Waals surface area contributed by atoms with Crippen LogP contribution >= 0.6 is 22.9 Å². The summed E-state index contributed by atoms with van der Waals surface area (Å²) >= 11 is 7.50. The Morgan fingerprint density at radius 1 is 1.41 bits per heavy atom. The summed E-state index contributed by atoms with van der Waals surface area (Å²) in [7, 11) is 0. The number of rotatable bonds is 3. The van der Waals surface area contributed by atoms with E-state index < -0.39 is 17.8 Å². The summed E-state index contributed by atoms with van der Waals surface area (Å²) in [6, 6.07) is 6.56. The van der Waals surface area contributed by atoms with Gasteiger partial charge in [-0.1, -0.05) is 22.8 Å². The highest BCUT2D eigenvalue weighted by molar-refractivity contribution is 7.16. The van der Waals surface area contributed by atoms with Crippen molar-refractivity contribution in [1.29, 1.82) is 5.26 Å². The van der Waals surface area contributed by atoms with Crippen LogP contribution in [0.15, 0.2) is 23.4 Å². The van der Waals surface area contributed by atoms with Crippen molar-refractivity contribution in [3.63, 3.8) is 0 Å². The summed E-state index contributed by atoms with van der Waals surface area (Å²) in [6.45, 7) is 0. The number of fused-ring (bicyclic) bond motifs is 1. The van der Waals surface area contributed by atoms with E-state index in [-0.39, 0.29) is 17.0 Å². The maximum atomic E-state index is 14.1. The number of carbonyl (C=O) groups is 1. The largest absolute Gasteiger partial charge is 0.382 e. The van der Waals surface area contributed by atoms with E-state index in [2.05, 4.69) is 16.5 Å². The Balaban J connectivity index is 1.50. The number of oxime groups is 1. The number of nitrogens with zero attached hydrogens (tertiary/aromatic N) is 2. The number of nitrogens with one attached hydrogen (secondary N) is 1. The van der Waals surface area contributed by atoms with E-state index in [0.29, 0.717) is 16.3 Å². The summed E-state index contributed by atoms with van der Waals surface area (Å²) in [4.78, 5) is 19.0. The molecule has 2 heterocycles. The second-order valence-corrected chi connectivity index (χ2v) is 7.96. The van der Waals surface area contributed by atoms with Gasteiger partial charge in [0.1, 0.15) is 16.9 Å². The van der Waals surface area contributed by atoms with Gasteiger partial charge in [-0.25, -0.2) is 4.39 Å². The lowest BCUT2D eigenvalue weighted by Crippen LogP contribution is -2.28. The van der Waals surface area contributed by atoms with Crippen LogP contribution in [0.5, 0.6) is 0 Å². The molecule has 2 aromatic rings. The highest BCUT2D eigenvalue weighted by Crippen LogP contribution is 2.38. The summed E-state index contributed by atoms with van der Waals surface area (Å²) in [6.07, 6.45) is 3.17. The zero-order valence-electron chi connectivity index (χ0n) is 14.2. The van der Waals surface area contributed by atoms with Crippen LogP contribution in [0.3, 0.4) is 0 Å². The van der Waals surface area contributed by atoms with E-state index in [1.807, 2.05) is 0 Å². The van der Waals surface area contributed by atoms with E-state index in [9.17, 15) is 14.4 Å². The standard InChI is InChI=1S/C19H15ClFN3O2S/c20-12-5-3-6-13(21)17(12)14-8-15(26-24-14)18(25)23-19-11(9-22)10-4-1-2-7-16(10)27-19/h3,5-6,15H,1-2,4,7-8H2,(H,23,25)/t15-/m0/s1. The maximum absolute atomic E-state index is 14.1. The van der Waals surface area contributed by atoms with Gasteiger partial charge < -0.3 is 10.2 Å². The van der Waals surface area contributed by atoms with Gasteiger partial charge >= 0.3 is 0 Å². The van der Waals surface area contributed by atoms with Gasteiger partial charge in [0.2, 0.25) is 6.10 Å². The third kappa shape index (κ3) is 3.31. The van der Waals surface area contributed by atoms with Crippen LogP contribution < -0.4 is 5.32 Å². The van der Waals surface area contributed by atoms with Crippen molar-refractivity contribution < 1.29 is 14.0 Å². The van der Waals surface area contributed by atoms with Crippen LogP contribution in [-0.2, 0) is 22.5 Å². The molecule has 0 unspecified atom stereocenters. The molecule has 4 rings (SSSR count). The molecule has 1 N–H and O–H groups in total. The lowest BCUT2D eigenvalue weighted by Gasteiger charge is -2.10. The molecule has 0 saturated carbocycles. The summed E-state index contributed by atoms with van der Waals surface area (Å²) in [5, 5.41) is 16.9. The minimum Gasteiger partial charge on any atom is -0.382 e. The third-order valence-corrected chi connectivity index (χ3v) is 6.25. The van der Waals surface area contributed by atoms with Gasteiger partial charge in [0.05, 0.1) is 21.9 Å². The van der Waals surface area contributed by atoms with Crippen LogP contribution in [0.2, 0.25) is 5.02 Å². The summed E-state index contributed by atoms with van der Waals surface area (Å²) in [5.41, 5.74) is 2.04. The first-order valence-electron chi connectivity index (χ1n) is 8.61. The number of hydrogen-bond donors (Lipinski definition) is 1. The molecule has 1 aliphatic carbocycles. The molecular formula is C19H15ClFN3O2S. The first-order valence-corrected chi connectivity index (χ1v) is 9.80. The van der Waals surface area contributed by atoms with Gasteiger partial charge in [-0.15, -0.1) is 11.3 Å². The molecule has 1 aromatic carbocycles. The molecular weight excluding hydrogens is 389 g/mol. The molecule has 1 aromatic heterocycles. The van der Waals surface area contributed by atoms with Crippen LogP contribution in [0.4, 0.5) is 9.39 Å². The Kier molecular flexibility index (Phi) is 4.85. The highest BCUT2D eigenvalue weighted by Gasteiger charge is 2.32. The predicted octanol–water partition coefficient (Wildman–Crippen LogP) is 4.42. The Morgan fingerprint density at radius 2 is 2.22 bits per heavy atom. The first kappa shape index (κ1) is 18.0. The fourth-order valence-electron chi connectivity index (χ4n) is 3.40. The van der Waals surface area contributed by atoms with E-state index in [0.717, 1.165) is 36.1 Å². The van der Waals surface area contributed by atoms with Gasteiger partial charge in [0.15, 0.2) is 0 Å². The number of nitriles is 1. The number of amides is 1. The number of anilines is 1. The lowest BCUT2D eigenvalue weighted by atomic mass is 9.96. The molecule has 27 heavy (non-hydrogen) atoms. The van der Waals surface area contributed by atoms with E-state index >= 15 is 0 Å². The number of aryl methyl sites for hydroxylation is 1. The molecule has 8 heteroatoms. The van der Waals surface area contributed by atoms with Crippen molar-refractivity contribution >= 4 is 39.6 Å². The Hall–Kier alpha value is -2.43. The molecule has 0 saturated heterocycles. The van der Waals surface area contributed by atoms with Gasteiger partial charge in [-0.3, -0.25) is 4.79 Å². The molecule has 5 nitrogen and oxygen atoms in total. The Bertz CT molecular complexity index is 975. The quantitative estimate of drug-likeness (QED) is 0.824. The van der Waals surface area contributed by atoms with Gasteiger partial charge in [0.25, 0.3) is 5.91 Å². The number of carbonyl (C=O) groups excluding carboxylic acids is 1. The van der Waals surface area contributed by atoms with Crippen molar-refractivity contribution in [1.82, 2.24) is 0 Å². The fourth-order valence-corrected chi connectivity index (χ4v) is 4.92. The Morgan fingerprint density at radius 3 is 3.00 bits per heavy atom. The van der Waals surface area contributed by atoms with Crippen molar-refractivity contribution in [2.75, 3.05) is 5.32 Å². The van der Waals surface area contributed by atoms with Crippen LogP contribution in [0, 0.1) is 17.1 Å². The van der Waals surface area contributed by atoms with E-state index in [4.69, 9.17) is 16.4 Å². The van der Waals surface area contributed by atoms with E-state index in [1.165, 1.54) is 23.5 Å². The lowest BCUT2D eigenvalue weighted by molar-refractivity contribution is -0.125. The topological polar surface area (TPSA) is 74.5 Å². The monoisotopic (exact) mass is 403 g/mol. The number of thiophene rings is 1. The first-order chi connectivity index (χ1) is 13.1. The molecule has 0 radical (unpaired) electrons. The molecule has 0 spiro atoms. The summed E-state index contributed by atoms with van der Waals surface area (Å²) < 4.78 is 14.1. The maximum Gasteiger partial charge on any atom is 0.269 e. The second-order valence-electron chi connectivity index (χ2n) is 6.45. The smallest absolute Gasteiger partial charge is 0.269 e. The zero-order chi connectivity index (χ0) is 19.0. The van der Waals surface area contributed by atoms with Gasteiger partial charge in [-0.2, -0.15) is 5.26 Å². The SMILES string of the molecule is N#Cc1c(NC(=O)[C@@H]2CC(c3c(F)cccc3Cl)=NO2)sc2c1CCCC2. The van der Waals surface area contributed by atoms with Gasteiger partial charge in [0, 0.05) is 11.3 Å². The molecule has 2 aliphatic rings. The summed E-state index contributed by atoms with van der Waals surface area (Å²) in [5.74, 6) is -0.917. The molecule has 138 valence electrons. The van der Waals surface area contributed by atoms with Crippen LogP contribution in [-0.4, -0.2) is 17.7 Å². The van der Waals surface area contributed by atoms with Crippen molar-refractivity contribution in [3.8, 4) is 6.07 Å². The van der Waals surface area contributed by atoms with Crippen molar-refractivity contribution in [3.05, 3.63) is 50.6 Å². The number of hydrogen-bond acceptors (Lipinski definition) is 5. The van der Waals surface area contributed by atoms with Crippen LogP contribution in [0.1, 0.15) is 40.8 Å². The second kappa shape index (κ2) is 7.29. The third-order valence-electron chi connectivity index (χ3n) is 4.73. The average molecular weight is 404 g/mol. The average Bonchev–Trinajstić information content (AvgIpc) is 3.26. The molecule has 0 bridgehead atoms. The minimum absolute atomic E-state index is 0.111. The molecule has 0 fully saturated rings. The fraction of sp³-hybridized carbons (Fsp3) is 0.316. The number of benzene rings is 1. The zero-order valence-corrected chi connectivity index (χ0v) is 15.8. The van der Waals surface area contributed by atoms with Crippen molar-refractivity contribution in [2.45, 2.75) is 38.2 Å². The Labute approximate surface area is 164 Å². The normalized spacial score (nSPS) is 18.3. The van der Waals surface area contributed by atoms with Crippen LogP contribution in [0.25, 0.3) is 0 Å². The minimum atomic E-state index is -0.888. The van der Waals surface area contributed by atoms with Gasteiger partial charge in [-0.05, 0) is 43.4 Å². The highest BCUT2D eigenvalue weighted by atomic mass is 35.5. The van der Waals surface area contributed by atoms with Crippen molar-refractivity contribution in [2.24, 2.45) is 5.16 Å².